The van der Waals surface area contributed by atoms with Gasteiger partial charge in [-0.05, 0) is 32.4 Å². The highest BCUT2D eigenvalue weighted by Crippen LogP contribution is 2.20. The minimum atomic E-state index is 0.330. The van der Waals surface area contributed by atoms with E-state index in [1.165, 1.54) is 0 Å². The van der Waals surface area contributed by atoms with Crippen molar-refractivity contribution >= 4 is 17.4 Å². The van der Waals surface area contributed by atoms with Gasteiger partial charge < -0.3 is 4.90 Å². The Morgan fingerprint density at radius 2 is 1.88 bits per heavy atom. The van der Waals surface area contributed by atoms with Gasteiger partial charge in [-0.25, -0.2) is 9.97 Å². The molecule has 94 valence electrons. The van der Waals surface area contributed by atoms with Crippen LogP contribution < -0.4 is 4.90 Å². The average Bonchev–Trinajstić information content (AvgIpc) is 2.32. The normalized spacial score (nSPS) is 17.8. The molecule has 5 heteroatoms. The number of nitrogens with zero attached hydrogens (tertiary/aromatic N) is 4. The molecule has 0 N–H and O–H groups in total. The molecule has 0 unspecified atom stereocenters. The molecule has 2 rings (SSSR count). The molecule has 1 saturated heterocycles. The van der Waals surface area contributed by atoms with Gasteiger partial charge in [0.2, 0.25) is 5.28 Å². The van der Waals surface area contributed by atoms with E-state index in [0.717, 1.165) is 37.6 Å². The van der Waals surface area contributed by atoms with E-state index in [9.17, 15) is 0 Å². The van der Waals surface area contributed by atoms with Crippen LogP contribution in [0.2, 0.25) is 5.28 Å². The number of hydrogen-bond acceptors (Lipinski definition) is 4. The molecule has 17 heavy (non-hydrogen) atoms. The van der Waals surface area contributed by atoms with Crippen LogP contribution in [-0.4, -0.2) is 47.1 Å². The van der Waals surface area contributed by atoms with E-state index in [0.29, 0.717) is 11.3 Å². The molecule has 0 spiro atoms. The quantitative estimate of drug-likeness (QED) is 0.756. The van der Waals surface area contributed by atoms with E-state index in [1.54, 1.807) is 6.20 Å². The minimum absolute atomic E-state index is 0.330. The van der Waals surface area contributed by atoms with Crippen LogP contribution in [0.5, 0.6) is 0 Å². The van der Waals surface area contributed by atoms with Crippen molar-refractivity contribution in [1.82, 2.24) is 14.9 Å². The molecule has 0 amide bonds. The maximum atomic E-state index is 5.86. The molecule has 1 aromatic rings. The number of anilines is 1. The highest BCUT2D eigenvalue weighted by atomic mass is 35.5. The van der Waals surface area contributed by atoms with E-state index < -0.39 is 0 Å². The van der Waals surface area contributed by atoms with Gasteiger partial charge in [0.25, 0.3) is 0 Å². The fraction of sp³-hybridized carbons (Fsp3) is 0.667. The van der Waals surface area contributed by atoms with Gasteiger partial charge in [0.15, 0.2) is 0 Å². The molecule has 0 saturated carbocycles. The van der Waals surface area contributed by atoms with Crippen LogP contribution in [0.25, 0.3) is 0 Å². The zero-order chi connectivity index (χ0) is 12.4. The highest BCUT2D eigenvalue weighted by molar-refractivity contribution is 6.28. The summed E-state index contributed by atoms with van der Waals surface area (Å²) < 4.78 is 0. The second-order valence-electron chi connectivity index (χ2n) is 4.76. The summed E-state index contributed by atoms with van der Waals surface area (Å²) in [5.41, 5.74) is 1.09. The van der Waals surface area contributed by atoms with Gasteiger partial charge in [0, 0.05) is 44.0 Å². The van der Waals surface area contributed by atoms with Gasteiger partial charge in [-0.3, -0.25) is 4.90 Å². The monoisotopic (exact) mass is 254 g/mol. The summed E-state index contributed by atoms with van der Waals surface area (Å²) >= 11 is 5.86. The average molecular weight is 255 g/mol. The van der Waals surface area contributed by atoms with Crippen LogP contribution in [-0.2, 0) is 0 Å². The standard InChI is InChI=1S/C12H19ClN4/c1-9(2)16-4-6-17(7-5-16)11-10(3)8-14-12(13)15-11/h8-9H,4-7H2,1-3H3. The number of halogens is 1. The van der Waals surface area contributed by atoms with Gasteiger partial charge in [-0.1, -0.05) is 0 Å². The molecule has 1 aromatic heterocycles. The molecular weight excluding hydrogens is 236 g/mol. The predicted octanol–water partition coefficient (Wildman–Crippen LogP) is 1.97. The third-order valence-corrected chi connectivity index (χ3v) is 3.44. The van der Waals surface area contributed by atoms with Crippen molar-refractivity contribution in [3.63, 3.8) is 0 Å². The lowest BCUT2D eigenvalue weighted by molar-refractivity contribution is 0.209. The topological polar surface area (TPSA) is 32.3 Å². The van der Waals surface area contributed by atoms with Gasteiger partial charge in [0.05, 0.1) is 0 Å². The molecule has 0 radical (unpaired) electrons. The second kappa shape index (κ2) is 5.19. The summed E-state index contributed by atoms with van der Waals surface area (Å²) in [6.07, 6.45) is 1.79. The number of piperazine rings is 1. The Bertz CT molecular complexity index is 386. The Morgan fingerprint density at radius 3 is 2.47 bits per heavy atom. The molecule has 1 fully saturated rings. The smallest absolute Gasteiger partial charge is 0.224 e. The number of aromatic nitrogens is 2. The lowest BCUT2D eigenvalue weighted by Crippen LogP contribution is -2.49. The molecule has 4 nitrogen and oxygen atoms in total. The third-order valence-electron chi connectivity index (χ3n) is 3.26. The molecular formula is C12H19ClN4. The van der Waals surface area contributed by atoms with Crippen molar-refractivity contribution in [1.29, 1.82) is 0 Å². The van der Waals surface area contributed by atoms with Gasteiger partial charge in [-0.15, -0.1) is 0 Å². The molecule has 1 aliphatic rings. The maximum Gasteiger partial charge on any atom is 0.224 e. The highest BCUT2D eigenvalue weighted by Gasteiger charge is 2.21. The van der Waals surface area contributed by atoms with E-state index in [2.05, 4.69) is 33.6 Å². The van der Waals surface area contributed by atoms with E-state index in [-0.39, 0.29) is 0 Å². The third kappa shape index (κ3) is 2.87. The van der Waals surface area contributed by atoms with Crippen molar-refractivity contribution in [2.45, 2.75) is 26.8 Å². The summed E-state index contributed by atoms with van der Waals surface area (Å²) in [4.78, 5) is 13.1. The molecule has 0 aliphatic carbocycles. The van der Waals surface area contributed by atoms with Crippen molar-refractivity contribution in [3.8, 4) is 0 Å². The zero-order valence-electron chi connectivity index (χ0n) is 10.6. The lowest BCUT2D eigenvalue weighted by Gasteiger charge is -2.37. The number of rotatable bonds is 2. The molecule has 0 aromatic carbocycles. The van der Waals surface area contributed by atoms with Crippen LogP contribution in [0.4, 0.5) is 5.82 Å². The molecule has 0 bridgehead atoms. The fourth-order valence-corrected chi connectivity index (χ4v) is 2.31. The molecule has 0 atom stereocenters. The fourth-order valence-electron chi connectivity index (χ4n) is 2.18. The van der Waals surface area contributed by atoms with Crippen LogP contribution in [0.3, 0.4) is 0 Å². The van der Waals surface area contributed by atoms with Gasteiger partial charge in [0.1, 0.15) is 5.82 Å². The number of aryl methyl sites for hydroxylation is 1. The van der Waals surface area contributed by atoms with Crippen molar-refractivity contribution in [2.24, 2.45) is 0 Å². The molecule has 1 aliphatic heterocycles. The Hall–Kier alpha value is -0.870. The lowest BCUT2D eigenvalue weighted by atomic mass is 10.2. The van der Waals surface area contributed by atoms with E-state index in [4.69, 9.17) is 11.6 Å². The first-order valence-electron chi connectivity index (χ1n) is 6.06. The summed E-state index contributed by atoms with van der Waals surface area (Å²) in [7, 11) is 0. The molecule has 2 heterocycles. The van der Waals surface area contributed by atoms with E-state index >= 15 is 0 Å². The Morgan fingerprint density at radius 1 is 1.24 bits per heavy atom. The Labute approximate surface area is 108 Å². The second-order valence-corrected chi connectivity index (χ2v) is 5.10. The first-order chi connectivity index (χ1) is 8.08. The SMILES string of the molecule is Cc1cnc(Cl)nc1N1CCN(C(C)C)CC1. The van der Waals surface area contributed by atoms with Crippen LogP contribution in [0, 0.1) is 6.92 Å². The van der Waals surface area contributed by atoms with Gasteiger partial charge in [-0.2, -0.15) is 0 Å². The van der Waals surface area contributed by atoms with Crippen LogP contribution in [0.1, 0.15) is 19.4 Å². The Kier molecular flexibility index (Phi) is 3.84. The zero-order valence-corrected chi connectivity index (χ0v) is 11.4. The van der Waals surface area contributed by atoms with Crippen LogP contribution >= 0.6 is 11.6 Å². The summed E-state index contributed by atoms with van der Waals surface area (Å²) in [5.74, 6) is 0.980. The minimum Gasteiger partial charge on any atom is -0.354 e. The first kappa shape index (κ1) is 12.6. The summed E-state index contributed by atoms with van der Waals surface area (Å²) in [5, 5.41) is 0.330. The summed E-state index contributed by atoms with van der Waals surface area (Å²) in [6, 6.07) is 0.618. The van der Waals surface area contributed by atoms with Crippen LogP contribution in [0.15, 0.2) is 6.20 Å². The first-order valence-corrected chi connectivity index (χ1v) is 6.44. The van der Waals surface area contributed by atoms with E-state index in [1.807, 2.05) is 6.92 Å². The Balaban J connectivity index is 2.07. The van der Waals surface area contributed by atoms with Crippen molar-refractivity contribution in [2.75, 3.05) is 31.1 Å². The maximum absolute atomic E-state index is 5.86. The predicted molar refractivity (Wildman–Crippen MR) is 70.7 cm³/mol. The van der Waals surface area contributed by atoms with Gasteiger partial charge >= 0.3 is 0 Å². The largest absolute Gasteiger partial charge is 0.354 e. The van der Waals surface area contributed by atoms with Crippen molar-refractivity contribution < 1.29 is 0 Å². The van der Waals surface area contributed by atoms with Crippen molar-refractivity contribution in [3.05, 3.63) is 17.0 Å². The number of hydrogen-bond donors (Lipinski definition) is 0. The summed E-state index contributed by atoms with van der Waals surface area (Å²) in [6.45, 7) is 10.7.